The summed E-state index contributed by atoms with van der Waals surface area (Å²) in [6, 6.07) is 9.33. The zero-order valence-electron chi connectivity index (χ0n) is 12.3. The number of nitrogens with zero attached hydrogens (tertiary/aromatic N) is 1. The van der Waals surface area contributed by atoms with Crippen molar-refractivity contribution in [1.29, 1.82) is 0 Å². The van der Waals surface area contributed by atoms with Gasteiger partial charge in [-0.25, -0.2) is 0 Å². The molecular formula is C16H28N2. The first-order valence-corrected chi connectivity index (χ1v) is 7.05. The van der Waals surface area contributed by atoms with Crippen molar-refractivity contribution in [2.75, 3.05) is 13.6 Å². The van der Waals surface area contributed by atoms with Crippen molar-refractivity contribution in [3.05, 3.63) is 35.4 Å². The molecule has 0 saturated heterocycles. The smallest absolute Gasteiger partial charge is 0.0230 e. The Balaban J connectivity index is 2.48. The van der Waals surface area contributed by atoms with Gasteiger partial charge in [0, 0.05) is 12.6 Å². The number of nitrogens with two attached hydrogens (primary N) is 1. The predicted octanol–water partition coefficient (Wildman–Crippen LogP) is 3.37. The molecule has 2 heteroatoms. The van der Waals surface area contributed by atoms with Gasteiger partial charge in [-0.05, 0) is 50.4 Å². The predicted molar refractivity (Wildman–Crippen MR) is 79.7 cm³/mol. The van der Waals surface area contributed by atoms with Gasteiger partial charge in [0.15, 0.2) is 0 Å². The van der Waals surface area contributed by atoms with E-state index in [1.165, 1.54) is 17.5 Å². The van der Waals surface area contributed by atoms with Gasteiger partial charge in [-0.15, -0.1) is 0 Å². The Kier molecular flexibility index (Phi) is 6.37. The Morgan fingerprint density at radius 3 is 2.28 bits per heavy atom. The molecular weight excluding hydrogens is 220 g/mol. The first-order chi connectivity index (χ1) is 8.52. The number of rotatable bonds is 7. The summed E-state index contributed by atoms with van der Waals surface area (Å²) in [5.41, 5.74) is 8.60. The fourth-order valence-corrected chi connectivity index (χ4v) is 2.00. The summed E-state index contributed by atoms with van der Waals surface area (Å²) in [6.07, 6.45) is 2.26. The Morgan fingerprint density at radius 2 is 1.78 bits per heavy atom. The first-order valence-electron chi connectivity index (χ1n) is 7.05. The minimum Gasteiger partial charge on any atom is -0.328 e. The summed E-state index contributed by atoms with van der Waals surface area (Å²) < 4.78 is 0. The van der Waals surface area contributed by atoms with Crippen LogP contribution >= 0.6 is 0 Å². The monoisotopic (exact) mass is 248 g/mol. The molecule has 1 aromatic carbocycles. The maximum Gasteiger partial charge on any atom is 0.0230 e. The van der Waals surface area contributed by atoms with Crippen LogP contribution in [0.5, 0.6) is 0 Å². The zero-order chi connectivity index (χ0) is 13.5. The van der Waals surface area contributed by atoms with Gasteiger partial charge in [0.2, 0.25) is 0 Å². The molecule has 0 amide bonds. The maximum absolute atomic E-state index is 5.78. The third kappa shape index (κ3) is 5.19. The third-order valence-corrected chi connectivity index (χ3v) is 3.58. The fourth-order valence-electron chi connectivity index (χ4n) is 2.00. The van der Waals surface area contributed by atoms with Gasteiger partial charge in [0.1, 0.15) is 0 Å². The van der Waals surface area contributed by atoms with E-state index in [0.29, 0.717) is 12.0 Å². The number of hydrogen-bond donors (Lipinski definition) is 1. The second-order valence-corrected chi connectivity index (χ2v) is 5.55. The van der Waals surface area contributed by atoms with Crippen LogP contribution in [0.25, 0.3) is 0 Å². The molecule has 0 spiro atoms. The second-order valence-electron chi connectivity index (χ2n) is 5.55. The highest BCUT2D eigenvalue weighted by molar-refractivity contribution is 5.24. The van der Waals surface area contributed by atoms with Gasteiger partial charge >= 0.3 is 0 Å². The SMILES string of the molecule is CCC(C)c1ccc(CN(C)CCC(C)N)cc1. The Hall–Kier alpha value is -0.860. The summed E-state index contributed by atoms with van der Waals surface area (Å²) in [4.78, 5) is 2.33. The molecule has 2 N–H and O–H groups in total. The topological polar surface area (TPSA) is 29.3 Å². The largest absolute Gasteiger partial charge is 0.328 e. The van der Waals surface area contributed by atoms with E-state index in [-0.39, 0.29) is 0 Å². The highest BCUT2D eigenvalue weighted by Gasteiger charge is 2.04. The van der Waals surface area contributed by atoms with Gasteiger partial charge in [0.25, 0.3) is 0 Å². The van der Waals surface area contributed by atoms with Crippen LogP contribution in [0.3, 0.4) is 0 Å². The lowest BCUT2D eigenvalue weighted by Crippen LogP contribution is -2.25. The van der Waals surface area contributed by atoms with E-state index >= 15 is 0 Å². The molecule has 2 nitrogen and oxygen atoms in total. The molecule has 18 heavy (non-hydrogen) atoms. The van der Waals surface area contributed by atoms with Gasteiger partial charge < -0.3 is 10.6 Å². The normalized spacial score (nSPS) is 14.8. The standard InChI is InChI=1S/C16H28N2/c1-5-13(2)16-8-6-15(7-9-16)12-18(4)11-10-14(3)17/h6-9,13-14H,5,10-12,17H2,1-4H3. The molecule has 0 aliphatic heterocycles. The van der Waals surface area contributed by atoms with Gasteiger partial charge in [-0.2, -0.15) is 0 Å². The van der Waals surface area contributed by atoms with Crippen molar-refractivity contribution in [2.24, 2.45) is 5.73 Å². The molecule has 1 aromatic rings. The van der Waals surface area contributed by atoms with E-state index in [9.17, 15) is 0 Å². The van der Waals surface area contributed by atoms with Crippen LogP contribution in [-0.4, -0.2) is 24.5 Å². The van der Waals surface area contributed by atoms with Crippen molar-refractivity contribution >= 4 is 0 Å². The number of hydrogen-bond acceptors (Lipinski definition) is 2. The second kappa shape index (κ2) is 7.55. The molecule has 0 aliphatic carbocycles. The molecule has 2 atom stereocenters. The zero-order valence-corrected chi connectivity index (χ0v) is 12.3. The molecule has 0 fully saturated rings. The van der Waals surface area contributed by atoms with Gasteiger partial charge in [0.05, 0.1) is 0 Å². The molecule has 0 aliphatic rings. The van der Waals surface area contributed by atoms with E-state index < -0.39 is 0 Å². The molecule has 1 rings (SSSR count). The van der Waals surface area contributed by atoms with E-state index in [0.717, 1.165) is 19.5 Å². The van der Waals surface area contributed by atoms with Crippen molar-refractivity contribution in [3.8, 4) is 0 Å². The van der Waals surface area contributed by atoms with Crippen LogP contribution in [0.15, 0.2) is 24.3 Å². The lowest BCUT2D eigenvalue weighted by atomic mass is 9.97. The number of benzene rings is 1. The van der Waals surface area contributed by atoms with Crippen LogP contribution in [0.2, 0.25) is 0 Å². The Morgan fingerprint density at radius 1 is 1.17 bits per heavy atom. The summed E-state index contributed by atoms with van der Waals surface area (Å²) in [6.45, 7) is 8.65. The first kappa shape index (κ1) is 15.2. The van der Waals surface area contributed by atoms with Gasteiger partial charge in [-0.1, -0.05) is 38.1 Å². The van der Waals surface area contributed by atoms with Crippen molar-refractivity contribution in [1.82, 2.24) is 4.90 Å². The summed E-state index contributed by atoms with van der Waals surface area (Å²) >= 11 is 0. The lowest BCUT2D eigenvalue weighted by molar-refractivity contribution is 0.313. The summed E-state index contributed by atoms with van der Waals surface area (Å²) in [5.74, 6) is 0.662. The quantitative estimate of drug-likeness (QED) is 0.801. The maximum atomic E-state index is 5.78. The lowest BCUT2D eigenvalue weighted by Gasteiger charge is -2.18. The molecule has 0 aromatic heterocycles. The van der Waals surface area contributed by atoms with E-state index in [1.54, 1.807) is 0 Å². The van der Waals surface area contributed by atoms with E-state index in [1.807, 2.05) is 0 Å². The van der Waals surface area contributed by atoms with Gasteiger partial charge in [-0.3, -0.25) is 0 Å². The van der Waals surface area contributed by atoms with E-state index in [2.05, 4.69) is 57.0 Å². The molecule has 0 radical (unpaired) electrons. The average Bonchev–Trinajstić information content (AvgIpc) is 2.36. The summed E-state index contributed by atoms with van der Waals surface area (Å²) in [7, 11) is 2.16. The molecule has 2 unspecified atom stereocenters. The van der Waals surface area contributed by atoms with Crippen molar-refractivity contribution < 1.29 is 0 Å². The highest BCUT2D eigenvalue weighted by atomic mass is 15.1. The highest BCUT2D eigenvalue weighted by Crippen LogP contribution is 2.19. The molecule has 0 saturated carbocycles. The molecule has 102 valence electrons. The van der Waals surface area contributed by atoms with Crippen molar-refractivity contribution in [2.45, 2.75) is 52.1 Å². The van der Waals surface area contributed by atoms with Crippen LogP contribution < -0.4 is 5.73 Å². The Bertz CT molecular complexity index is 329. The average molecular weight is 248 g/mol. The summed E-state index contributed by atoms with van der Waals surface area (Å²) in [5, 5.41) is 0. The minimum absolute atomic E-state index is 0.292. The van der Waals surface area contributed by atoms with Crippen LogP contribution in [0, 0.1) is 0 Å². The fraction of sp³-hybridized carbons (Fsp3) is 0.625. The Labute approximate surface area is 112 Å². The van der Waals surface area contributed by atoms with Crippen molar-refractivity contribution in [3.63, 3.8) is 0 Å². The minimum atomic E-state index is 0.292. The van der Waals surface area contributed by atoms with Crippen LogP contribution in [-0.2, 0) is 6.54 Å². The molecule has 0 heterocycles. The third-order valence-electron chi connectivity index (χ3n) is 3.58. The van der Waals surface area contributed by atoms with Crippen LogP contribution in [0.1, 0.15) is 50.7 Å². The molecule has 0 bridgehead atoms. The van der Waals surface area contributed by atoms with Crippen LogP contribution in [0.4, 0.5) is 0 Å². The van der Waals surface area contributed by atoms with E-state index in [4.69, 9.17) is 5.73 Å².